The summed E-state index contributed by atoms with van der Waals surface area (Å²) in [7, 11) is 0. The number of aliphatic hydroxyl groups is 8. The van der Waals surface area contributed by atoms with Crippen molar-refractivity contribution in [1.82, 2.24) is 5.32 Å². The van der Waals surface area contributed by atoms with Crippen LogP contribution in [0.4, 0.5) is 0 Å². The molecule has 2 saturated heterocycles. The molecule has 456 valence electrons. The summed E-state index contributed by atoms with van der Waals surface area (Å²) in [5, 5.41) is 86.4. The lowest BCUT2D eigenvalue weighted by Gasteiger charge is -2.46. The van der Waals surface area contributed by atoms with E-state index in [0.29, 0.717) is 12.8 Å². The van der Waals surface area contributed by atoms with Gasteiger partial charge in [-0.2, -0.15) is 0 Å². The molecule has 77 heavy (non-hydrogen) atoms. The van der Waals surface area contributed by atoms with E-state index in [2.05, 4.69) is 31.3 Å². The maximum absolute atomic E-state index is 13.1. The van der Waals surface area contributed by atoms with E-state index in [-0.39, 0.29) is 12.5 Å². The maximum Gasteiger partial charge on any atom is 0.220 e. The topological polar surface area (TPSA) is 228 Å². The lowest BCUT2D eigenvalue weighted by atomic mass is 9.97. The number of rotatable bonds is 53. The number of hydrogen-bond acceptors (Lipinski definition) is 13. The molecule has 2 rings (SSSR count). The van der Waals surface area contributed by atoms with E-state index in [9.17, 15) is 45.6 Å². The molecule has 0 aliphatic carbocycles. The van der Waals surface area contributed by atoms with Gasteiger partial charge in [-0.3, -0.25) is 4.79 Å². The fraction of sp³-hybridized carbons (Fsp3) is 0.952. The number of nitrogens with one attached hydrogen (secondary N) is 1. The van der Waals surface area contributed by atoms with E-state index in [4.69, 9.17) is 18.9 Å². The number of carbonyl (C=O) groups is 1. The molecule has 2 aliphatic rings. The molecule has 12 unspecified atom stereocenters. The Balaban J connectivity index is 1.43. The Kier molecular flexibility index (Phi) is 46.0. The Bertz CT molecular complexity index is 1340. The van der Waals surface area contributed by atoms with Crippen LogP contribution >= 0.6 is 0 Å². The van der Waals surface area contributed by atoms with Crippen LogP contribution in [0.15, 0.2) is 12.2 Å². The summed E-state index contributed by atoms with van der Waals surface area (Å²) in [6.07, 6.45) is 42.3. The molecule has 0 aromatic rings. The number of carbonyl (C=O) groups excluding carboxylic acids is 1. The van der Waals surface area contributed by atoms with Crippen LogP contribution in [0.5, 0.6) is 0 Å². The average molecular weight is 1100 g/mol. The number of allylic oxidation sites excluding steroid dienone is 2. The van der Waals surface area contributed by atoms with Crippen molar-refractivity contribution < 1.29 is 64.6 Å². The largest absolute Gasteiger partial charge is 0.394 e. The van der Waals surface area contributed by atoms with Crippen LogP contribution in [0.3, 0.4) is 0 Å². The first-order valence-electron chi connectivity index (χ1n) is 32.4. The Morgan fingerprint density at radius 3 is 1.23 bits per heavy atom. The maximum atomic E-state index is 13.1. The minimum Gasteiger partial charge on any atom is -0.394 e. The minimum atomic E-state index is -1.78. The van der Waals surface area contributed by atoms with Crippen LogP contribution in [0.25, 0.3) is 0 Å². The van der Waals surface area contributed by atoms with E-state index in [0.717, 1.165) is 51.4 Å². The Hall–Kier alpha value is -1.27. The van der Waals surface area contributed by atoms with Crippen LogP contribution in [-0.4, -0.2) is 140 Å². The third kappa shape index (κ3) is 34.7. The molecule has 12 atom stereocenters. The number of aliphatic hydroxyl groups excluding tert-OH is 8. The molecule has 14 nitrogen and oxygen atoms in total. The first kappa shape index (κ1) is 71.8. The summed E-state index contributed by atoms with van der Waals surface area (Å²) in [5.74, 6) is -0.210. The fourth-order valence-electron chi connectivity index (χ4n) is 11.0. The van der Waals surface area contributed by atoms with Crippen molar-refractivity contribution in [1.29, 1.82) is 0 Å². The number of hydrogen-bond donors (Lipinski definition) is 9. The zero-order valence-electron chi connectivity index (χ0n) is 49.2. The van der Waals surface area contributed by atoms with Crippen molar-refractivity contribution in [3.63, 3.8) is 0 Å². The first-order valence-corrected chi connectivity index (χ1v) is 32.4. The van der Waals surface area contributed by atoms with Crippen LogP contribution in [-0.2, 0) is 23.7 Å². The smallest absolute Gasteiger partial charge is 0.220 e. The molecule has 0 radical (unpaired) electrons. The van der Waals surface area contributed by atoms with Gasteiger partial charge in [0.25, 0.3) is 0 Å². The zero-order valence-corrected chi connectivity index (χ0v) is 49.2. The predicted molar refractivity (Wildman–Crippen MR) is 309 cm³/mol. The van der Waals surface area contributed by atoms with Crippen LogP contribution in [0, 0.1) is 0 Å². The van der Waals surface area contributed by atoms with Crippen molar-refractivity contribution in [2.45, 2.75) is 364 Å². The van der Waals surface area contributed by atoms with Crippen molar-refractivity contribution in [2.75, 3.05) is 19.8 Å². The molecule has 2 aliphatic heterocycles. The van der Waals surface area contributed by atoms with E-state index >= 15 is 0 Å². The van der Waals surface area contributed by atoms with Crippen molar-refractivity contribution in [3.05, 3.63) is 12.2 Å². The molecule has 14 heteroatoms. The third-order valence-corrected chi connectivity index (χ3v) is 16.2. The second-order valence-electron chi connectivity index (χ2n) is 23.2. The van der Waals surface area contributed by atoms with Crippen molar-refractivity contribution in [2.24, 2.45) is 0 Å². The SMILES string of the molecule is CCCCCCCCCC/C=C\CCCCCCCCCCCCCCCCCCCCCCCCCCCCCC(=O)NC(COC1OC(CO)C(OC2OC(CO)C(O)C(O)C2O)C(O)C1O)C(O)CCCCCC. The van der Waals surface area contributed by atoms with Crippen LogP contribution < -0.4 is 5.32 Å². The van der Waals surface area contributed by atoms with Crippen LogP contribution in [0.2, 0.25) is 0 Å². The van der Waals surface area contributed by atoms with Gasteiger partial charge in [0, 0.05) is 6.42 Å². The van der Waals surface area contributed by atoms with Gasteiger partial charge in [0.1, 0.15) is 48.8 Å². The Morgan fingerprint density at radius 2 is 0.818 bits per heavy atom. The van der Waals surface area contributed by atoms with Gasteiger partial charge >= 0.3 is 0 Å². The third-order valence-electron chi connectivity index (χ3n) is 16.2. The second-order valence-corrected chi connectivity index (χ2v) is 23.2. The van der Waals surface area contributed by atoms with Gasteiger partial charge in [0.2, 0.25) is 5.91 Å². The molecular weight excluding hydrogens is 979 g/mol. The van der Waals surface area contributed by atoms with Crippen LogP contribution in [0.1, 0.15) is 290 Å². The summed E-state index contributed by atoms with van der Waals surface area (Å²) in [5.41, 5.74) is 0. The van der Waals surface area contributed by atoms with Gasteiger partial charge in [-0.1, -0.05) is 257 Å². The minimum absolute atomic E-state index is 0.210. The highest BCUT2D eigenvalue weighted by molar-refractivity contribution is 5.76. The lowest BCUT2D eigenvalue weighted by molar-refractivity contribution is -0.359. The summed E-state index contributed by atoms with van der Waals surface area (Å²) < 4.78 is 22.6. The lowest BCUT2D eigenvalue weighted by Crippen LogP contribution is -2.65. The summed E-state index contributed by atoms with van der Waals surface area (Å²) in [6.45, 7) is 2.75. The average Bonchev–Trinajstić information content (AvgIpc) is 3.43. The molecular formula is C63H121NO13. The summed E-state index contributed by atoms with van der Waals surface area (Å²) >= 11 is 0. The fourth-order valence-corrected chi connectivity index (χ4v) is 11.0. The van der Waals surface area contributed by atoms with Gasteiger partial charge in [-0.25, -0.2) is 0 Å². The number of amides is 1. The van der Waals surface area contributed by atoms with E-state index in [1.165, 1.54) is 212 Å². The standard InChI is InChI=1S/C63H121NO13/c1-3-5-7-9-10-11-12-13-14-15-16-17-18-19-20-21-22-23-24-25-26-27-28-29-30-31-32-33-34-35-36-37-38-39-40-41-42-43-45-47-55(68)64-51(52(67)46-44-8-6-4-2)50-74-62-60(73)58(71)61(54(49-66)76-62)77-63-59(72)57(70)56(69)53(48-65)75-63/h15-16,51-54,56-63,65-67,69-73H,3-14,17-50H2,1-2H3,(H,64,68)/b16-15-. The normalized spacial score (nSPS) is 24.7. The zero-order chi connectivity index (χ0) is 56.0. The molecule has 0 saturated carbocycles. The Morgan fingerprint density at radius 1 is 0.455 bits per heavy atom. The molecule has 2 fully saturated rings. The van der Waals surface area contributed by atoms with Gasteiger partial charge < -0.3 is 65.1 Å². The molecule has 1 amide bonds. The summed E-state index contributed by atoms with van der Waals surface area (Å²) in [4.78, 5) is 13.1. The molecule has 0 aromatic carbocycles. The van der Waals surface area contributed by atoms with Crippen molar-refractivity contribution >= 4 is 5.91 Å². The van der Waals surface area contributed by atoms with Gasteiger partial charge in [-0.15, -0.1) is 0 Å². The highest BCUT2D eigenvalue weighted by Crippen LogP contribution is 2.30. The van der Waals surface area contributed by atoms with Gasteiger partial charge in [-0.05, 0) is 38.5 Å². The predicted octanol–water partition coefficient (Wildman–Crippen LogP) is 11.8. The monoisotopic (exact) mass is 1100 g/mol. The molecule has 2 heterocycles. The highest BCUT2D eigenvalue weighted by atomic mass is 16.7. The van der Waals surface area contributed by atoms with Gasteiger partial charge in [0.05, 0.1) is 32.0 Å². The number of ether oxygens (including phenoxy) is 4. The first-order chi connectivity index (χ1) is 37.6. The Labute approximate surface area is 469 Å². The van der Waals surface area contributed by atoms with E-state index < -0.39 is 86.8 Å². The molecule has 0 spiro atoms. The van der Waals surface area contributed by atoms with Gasteiger partial charge in [0.15, 0.2) is 12.6 Å². The quantitative estimate of drug-likeness (QED) is 0.0204. The molecule has 0 bridgehead atoms. The molecule has 9 N–H and O–H groups in total. The molecule has 0 aromatic heterocycles. The van der Waals surface area contributed by atoms with E-state index in [1.54, 1.807) is 0 Å². The number of unbranched alkanes of at least 4 members (excludes halogenated alkanes) is 38. The highest BCUT2D eigenvalue weighted by Gasteiger charge is 2.51. The second kappa shape index (κ2) is 49.3. The van der Waals surface area contributed by atoms with Crippen molar-refractivity contribution in [3.8, 4) is 0 Å². The van der Waals surface area contributed by atoms with E-state index in [1.807, 2.05) is 0 Å². The summed E-state index contributed by atoms with van der Waals surface area (Å²) in [6, 6.07) is -0.820.